The SMILES string of the molecule is CNC12CCC(Cn3c1nc(C(=O)NCc1ccc(F)cc1)c(O)c3=O)OC2.Cl. The van der Waals surface area contributed by atoms with E-state index in [-0.39, 0.29) is 43.1 Å². The van der Waals surface area contributed by atoms with Crippen LogP contribution in [-0.4, -0.2) is 40.3 Å². The van der Waals surface area contributed by atoms with Gasteiger partial charge in [-0.25, -0.2) is 9.37 Å². The first-order chi connectivity index (χ1) is 13.4. The third kappa shape index (κ3) is 3.73. The van der Waals surface area contributed by atoms with Crippen LogP contribution in [0.1, 0.15) is 34.7 Å². The third-order valence-corrected chi connectivity index (χ3v) is 5.48. The number of aromatic nitrogens is 2. The van der Waals surface area contributed by atoms with E-state index in [4.69, 9.17) is 4.74 Å². The van der Waals surface area contributed by atoms with Gasteiger partial charge >= 0.3 is 0 Å². The topological polar surface area (TPSA) is 105 Å². The summed E-state index contributed by atoms with van der Waals surface area (Å²) in [4.78, 5) is 29.7. The molecule has 2 atom stereocenters. The van der Waals surface area contributed by atoms with E-state index in [9.17, 15) is 19.1 Å². The maximum atomic E-state index is 13.0. The molecule has 1 saturated heterocycles. The Labute approximate surface area is 172 Å². The van der Waals surface area contributed by atoms with Gasteiger partial charge in [-0.1, -0.05) is 12.1 Å². The molecule has 3 N–H and O–H groups in total. The summed E-state index contributed by atoms with van der Waals surface area (Å²) in [6.07, 6.45) is 1.33. The van der Waals surface area contributed by atoms with Crippen LogP contribution in [-0.2, 0) is 23.4 Å². The largest absolute Gasteiger partial charge is 0.501 e. The first kappa shape index (κ1) is 21.2. The number of carbonyl (C=O) groups excluding carboxylic acids is 1. The van der Waals surface area contributed by atoms with Crippen LogP contribution in [0.25, 0.3) is 0 Å². The molecule has 1 aromatic heterocycles. The van der Waals surface area contributed by atoms with Gasteiger partial charge in [0.25, 0.3) is 11.5 Å². The zero-order valence-electron chi connectivity index (χ0n) is 15.8. The average molecular weight is 425 g/mol. The summed E-state index contributed by atoms with van der Waals surface area (Å²) in [6.45, 7) is 0.735. The third-order valence-electron chi connectivity index (χ3n) is 5.48. The van der Waals surface area contributed by atoms with Gasteiger partial charge in [-0.05, 0) is 37.6 Å². The van der Waals surface area contributed by atoms with Gasteiger partial charge in [-0.2, -0.15) is 0 Å². The van der Waals surface area contributed by atoms with E-state index in [0.717, 1.165) is 6.42 Å². The van der Waals surface area contributed by atoms with Crippen molar-refractivity contribution in [2.24, 2.45) is 0 Å². The zero-order chi connectivity index (χ0) is 19.9. The molecule has 1 fully saturated rings. The summed E-state index contributed by atoms with van der Waals surface area (Å²) < 4.78 is 20.2. The van der Waals surface area contributed by atoms with Gasteiger partial charge in [-0.15, -0.1) is 12.4 Å². The van der Waals surface area contributed by atoms with Gasteiger partial charge in [0.2, 0.25) is 5.75 Å². The molecule has 4 heterocycles. The minimum absolute atomic E-state index is 0. The van der Waals surface area contributed by atoms with Crippen molar-refractivity contribution in [2.75, 3.05) is 13.7 Å². The van der Waals surface area contributed by atoms with Crippen LogP contribution in [0.5, 0.6) is 5.75 Å². The number of aromatic hydroxyl groups is 1. The highest BCUT2D eigenvalue weighted by Gasteiger charge is 2.44. The molecule has 5 rings (SSSR count). The van der Waals surface area contributed by atoms with Crippen LogP contribution in [0.15, 0.2) is 29.1 Å². The number of benzene rings is 1. The van der Waals surface area contributed by atoms with E-state index < -0.39 is 22.8 Å². The van der Waals surface area contributed by atoms with Gasteiger partial charge in [-0.3, -0.25) is 14.2 Å². The Bertz CT molecular complexity index is 971. The van der Waals surface area contributed by atoms with Crippen molar-refractivity contribution < 1.29 is 19.0 Å². The second-order valence-corrected chi connectivity index (χ2v) is 7.16. The number of carbonyl (C=O) groups is 1. The van der Waals surface area contributed by atoms with Crippen molar-refractivity contribution in [3.05, 3.63) is 57.5 Å². The van der Waals surface area contributed by atoms with Gasteiger partial charge < -0.3 is 20.5 Å². The van der Waals surface area contributed by atoms with Gasteiger partial charge in [0.1, 0.15) is 17.2 Å². The molecular weight excluding hydrogens is 403 g/mol. The Hall–Kier alpha value is -2.49. The predicted molar refractivity (Wildman–Crippen MR) is 105 cm³/mol. The molecule has 3 aliphatic heterocycles. The molecular formula is C19H22ClFN4O4. The number of hydrogen-bond donors (Lipinski definition) is 3. The van der Waals surface area contributed by atoms with Crippen LogP contribution >= 0.6 is 12.4 Å². The molecule has 1 aromatic carbocycles. The van der Waals surface area contributed by atoms with Crippen molar-refractivity contribution >= 4 is 18.3 Å². The summed E-state index contributed by atoms with van der Waals surface area (Å²) in [7, 11) is 1.76. The second kappa shape index (κ2) is 8.10. The summed E-state index contributed by atoms with van der Waals surface area (Å²) in [6, 6.07) is 5.67. The summed E-state index contributed by atoms with van der Waals surface area (Å²) in [5, 5.41) is 16.1. The fourth-order valence-corrected chi connectivity index (χ4v) is 3.76. The zero-order valence-corrected chi connectivity index (χ0v) is 16.6. The number of hydrogen-bond acceptors (Lipinski definition) is 6. The molecule has 156 valence electrons. The number of ether oxygens (including phenoxy) is 1. The Morgan fingerprint density at radius 2 is 2.14 bits per heavy atom. The molecule has 8 nitrogen and oxygen atoms in total. The number of amides is 1. The highest BCUT2D eigenvalue weighted by atomic mass is 35.5. The van der Waals surface area contributed by atoms with Gasteiger partial charge in [0, 0.05) is 6.54 Å². The number of fused-ring (bicyclic) bond motifs is 2. The molecule has 3 aliphatic rings. The van der Waals surface area contributed by atoms with E-state index in [1.807, 2.05) is 0 Å². The van der Waals surface area contributed by atoms with Crippen molar-refractivity contribution in [1.29, 1.82) is 0 Å². The average Bonchev–Trinajstić information content (AvgIpc) is 2.97. The Morgan fingerprint density at radius 1 is 1.41 bits per heavy atom. The predicted octanol–water partition coefficient (Wildman–Crippen LogP) is 1.05. The summed E-state index contributed by atoms with van der Waals surface area (Å²) in [5.41, 5.74) is -0.988. The molecule has 10 heteroatoms. The monoisotopic (exact) mass is 424 g/mol. The standard InChI is InChI=1S/C19H21FN4O4.ClH/c1-21-19-7-6-13(28-10-19)9-24-17(27)15(25)14(23-18(19)24)16(26)22-8-11-2-4-12(20)5-3-11;/h2-5,13,21,25H,6-10H2,1H3,(H,22,26);1H. The number of rotatable bonds is 4. The maximum Gasteiger partial charge on any atom is 0.296 e. The van der Waals surface area contributed by atoms with Crippen molar-refractivity contribution in [1.82, 2.24) is 20.2 Å². The molecule has 0 saturated carbocycles. The highest BCUT2D eigenvalue weighted by Crippen LogP contribution is 2.35. The Morgan fingerprint density at radius 3 is 2.76 bits per heavy atom. The minimum atomic E-state index is -0.689. The fourth-order valence-electron chi connectivity index (χ4n) is 3.76. The minimum Gasteiger partial charge on any atom is -0.501 e. The molecule has 2 unspecified atom stereocenters. The quantitative estimate of drug-likeness (QED) is 0.677. The van der Waals surface area contributed by atoms with Crippen molar-refractivity contribution in [3.63, 3.8) is 0 Å². The van der Waals surface area contributed by atoms with Crippen LogP contribution < -0.4 is 16.2 Å². The van der Waals surface area contributed by atoms with Crippen LogP contribution in [0, 0.1) is 5.82 Å². The maximum absolute atomic E-state index is 13.0. The van der Waals surface area contributed by atoms with Gasteiger partial charge in [0.05, 0.1) is 19.3 Å². The number of nitrogens with one attached hydrogen (secondary N) is 2. The van der Waals surface area contributed by atoms with Gasteiger partial charge in [0.15, 0.2) is 5.69 Å². The van der Waals surface area contributed by atoms with E-state index >= 15 is 0 Å². The molecule has 0 radical (unpaired) electrons. The lowest BCUT2D eigenvalue weighted by Crippen LogP contribution is -2.49. The van der Waals surface area contributed by atoms with E-state index in [0.29, 0.717) is 24.4 Å². The van der Waals surface area contributed by atoms with E-state index in [2.05, 4.69) is 15.6 Å². The first-order valence-corrected chi connectivity index (χ1v) is 9.11. The molecule has 1 amide bonds. The number of halogens is 2. The lowest BCUT2D eigenvalue weighted by Gasteiger charge is -2.35. The molecule has 2 bridgehead atoms. The van der Waals surface area contributed by atoms with Crippen molar-refractivity contribution in [3.8, 4) is 5.75 Å². The fraction of sp³-hybridized carbons (Fsp3) is 0.421. The summed E-state index contributed by atoms with van der Waals surface area (Å²) in [5.74, 6) is -1.34. The van der Waals surface area contributed by atoms with Crippen LogP contribution in [0.2, 0.25) is 0 Å². The first-order valence-electron chi connectivity index (χ1n) is 9.11. The normalized spacial score (nSPS) is 22.3. The Balaban J connectivity index is 0.00000240. The molecule has 2 aromatic rings. The van der Waals surface area contributed by atoms with Crippen LogP contribution in [0.4, 0.5) is 4.39 Å². The molecule has 0 aliphatic carbocycles. The number of nitrogens with zero attached hydrogens (tertiary/aromatic N) is 2. The molecule has 0 spiro atoms. The van der Waals surface area contributed by atoms with E-state index in [1.54, 1.807) is 19.2 Å². The highest BCUT2D eigenvalue weighted by molar-refractivity contribution is 5.94. The smallest absolute Gasteiger partial charge is 0.296 e. The lowest BCUT2D eigenvalue weighted by molar-refractivity contribution is -0.0332. The second-order valence-electron chi connectivity index (χ2n) is 7.16. The Kier molecular flexibility index (Phi) is 5.92. The number of likely N-dealkylation sites (N-methyl/N-ethyl adjacent to an activating group) is 1. The van der Waals surface area contributed by atoms with Crippen molar-refractivity contribution in [2.45, 2.75) is 37.6 Å². The van der Waals surface area contributed by atoms with E-state index in [1.165, 1.54) is 16.7 Å². The lowest BCUT2D eigenvalue weighted by atomic mass is 9.90. The summed E-state index contributed by atoms with van der Waals surface area (Å²) >= 11 is 0. The molecule has 29 heavy (non-hydrogen) atoms. The van der Waals surface area contributed by atoms with Crippen LogP contribution in [0.3, 0.4) is 0 Å².